The number of hydrogen-bond donors (Lipinski definition) is 4. The normalized spacial score (nSPS) is 14.0. The Morgan fingerprint density at radius 1 is 0.649 bits per heavy atom. The van der Waals surface area contributed by atoms with Crippen LogP contribution < -0.4 is 10.6 Å². The van der Waals surface area contributed by atoms with E-state index in [1.54, 1.807) is 0 Å². The summed E-state index contributed by atoms with van der Waals surface area (Å²) in [6.07, 6.45) is 14.6. The zero-order valence-corrected chi connectivity index (χ0v) is 36.3. The van der Waals surface area contributed by atoms with Gasteiger partial charge in [0.15, 0.2) is 0 Å². The summed E-state index contributed by atoms with van der Waals surface area (Å²) in [7, 11) is 0. The van der Waals surface area contributed by atoms with Crippen LogP contribution in [-0.2, 0) is 40.0 Å². The fourth-order valence-corrected chi connectivity index (χ4v) is 6.85. The first-order chi connectivity index (χ1) is 27.5. The minimum Gasteiger partial charge on any atom is -0.462 e. The van der Waals surface area contributed by atoms with Gasteiger partial charge in [-0.3, -0.25) is 19.2 Å². The molecular weight excluding hydrogens is 725 g/mol. The third-order valence-electron chi connectivity index (χ3n) is 10.1. The number of rotatable bonds is 36. The highest BCUT2D eigenvalue weighted by Gasteiger charge is 2.28. The second-order valence-electron chi connectivity index (χ2n) is 16.2. The molecule has 0 spiro atoms. The lowest BCUT2D eigenvalue weighted by Gasteiger charge is -2.25. The van der Waals surface area contributed by atoms with Crippen LogP contribution in [0.2, 0.25) is 0 Å². The number of nitrogens with one attached hydrogen (secondary N) is 2. The minimum atomic E-state index is -1.04. The van der Waals surface area contributed by atoms with Crippen LogP contribution in [0.5, 0.6) is 0 Å². The fraction of sp³-hybridized carbons (Fsp3) is 0.783. The summed E-state index contributed by atoms with van der Waals surface area (Å²) in [5.74, 6) is -1.77. The van der Waals surface area contributed by atoms with Crippen LogP contribution in [0.4, 0.5) is 0 Å². The zero-order chi connectivity index (χ0) is 42.1. The molecule has 57 heavy (non-hydrogen) atoms. The Kier molecular flexibility index (Phi) is 30.9. The van der Waals surface area contributed by atoms with Gasteiger partial charge in [-0.1, -0.05) is 148 Å². The maximum atomic E-state index is 13.6. The molecule has 0 aliphatic rings. The zero-order valence-electron chi connectivity index (χ0n) is 36.3. The van der Waals surface area contributed by atoms with Crippen molar-refractivity contribution >= 4 is 23.8 Å². The topological polar surface area (TPSA) is 160 Å². The molecular formula is C46H80N2O9. The molecule has 2 unspecified atom stereocenters. The Labute approximate surface area is 345 Å². The summed E-state index contributed by atoms with van der Waals surface area (Å²) in [6, 6.07) is 8.01. The second-order valence-corrected chi connectivity index (χ2v) is 16.2. The molecule has 0 heterocycles. The van der Waals surface area contributed by atoms with Crippen molar-refractivity contribution in [3.8, 4) is 0 Å². The number of carbonyl (C=O) groups is 4. The van der Waals surface area contributed by atoms with Gasteiger partial charge in [-0.25, -0.2) is 0 Å². The second kappa shape index (κ2) is 33.9. The van der Waals surface area contributed by atoms with Crippen molar-refractivity contribution in [1.82, 2.24) is 10.6 Å². The van der Waals surface area contributed by atoms with Crippen LogP contribution in [-0.4, -0.2) is 77.6 Å². The lowest BCUT2D eigenvalue weighted by molar-refractivity contribution is -0.160. The summed E-state index contributed by atoms with van der Waals surface area (Å²) in [5, 5.41) is 26.1. The quantitative estimate of drug-likeness (QED) is 0.0385. The Hall–Kier alpha value is -3.02. The van der Waals surface area contributed by atoms with Gasteiger partial charge in [-0.15, -0.1) is 0 Å². The maximum absolute atomic E-state index is 13.6. The van der Waals surface area contributed by atoms with Gasteiger partial charge in [0.25, 0.3) is 0 Å². The van der Waals surface area contributed by atoms with Crippen LogP contribution in [0.1, 0.15) is 181 Å². The number of esters is 2. The molecule has 0 radical (unpaired) electrons. The van der Waals surface area contributed by atoms with Gasteiger partial charge in [0, 0.05) is 0 Å². The Morgan fingerprint density at radius 2 is 1.16 bits per heavy atom. The number of hydrogen-bond acceptors (Lipinski definition) is 9. The average molecular weight is 805 g/mol. The first-order valence-electron chi connectivity index (χ1n) is 22.4. The summed E-state index contributed by atoms with van der Waals surface area (Å²) in [4.78, 5) is 53.5. The first-order valence-corrected chi connectivity index (χ1v) is 22.4. The first kappa shape index (κ1) is 52.0. The molecule has 1 rings (SSSR count). The van der Waals surface area contributed by atoms with Gasteiger partial charge >= 0.3 is 11.9 Å². The van der Waals surface area contributed by atoms with E-state index < -0.39 is 54.1 Å². The molecule has 2 amide bonds. The molecule has 328 valence electrons. The highest BCUT2D eigenvalue weighted by atomic mass is 16.6. The largest absolute Gasteiger partial charge is 0.462 e. The highest BCUT2D eigenvalue weighted by molar-refractivity contribution is 5.88. The number of carbonyl (C=O) groups excluding carboxylic acids is 4. The van der Waals surface area contributed by atoms with Crippen molar-refractivity contribution in [1.29, 1.82) is 0 Å². The summed E-state index contributed by atoms with van der Waals surface area (Å²) in [6.45, 7) is 10.4. The van der Waals surface area contributed by atoms with E-state index in [9.17, 15) is 29.4 Å². The molecule has 11 nitrogen and oxygen atoms in total. The molecule has 0 fully saturated rings. The SMILES string of the molecule is CCCCCCC[C@@H](O)CC(=O)O[C@H](CCCCCCC)CC(=O)O[C@H](CCCCCCC)CC(=O)NC(COCc1ccccc1)C(=O)NC(CO)CC(C)C. The van der Waals surface area contributed by atoms with Crippen LogP contribution in [0.25, 0.3) is 0 Å². The van der Waals surface area contributed by atoms with Gasteiger partial charge in [0.1, 0.15) is 18.2 Å². The van der Waals surface area contributed by atoms with Crippen molar-refractivity contribution in [2.24, 2.45) is 5.92 Å². The summed E-state index contributed by atoms with van der Waals surface area (Å²) < 4.78 is 17.6. The monoisotopic (exact) mass is 805 g/mol. The van der Waals surface area contributed by atoms with Gasteiger partial charge in [0.2, 0.25) is 11.8 Å². The van der Waals surface area contributed by atoms with Crippen molar-refractivity contribution in [3.05, 3.63) is 35.9 Å². The molecule has 0 saturated heterocycles. The van der Waals surface area contributed by atoms with Crippen LogP contribution in [0.3, 0.4) is 0 Å². The number of amides is 2. The van der Waals surface area contributed by atoms with Crippen LogP contribution in [0, 0.1) is 5.92 Å². The Bertz CT molecular complexity index is 1180. The third kappa shape index (κ3) is 28.1. The molecule has 0 aliphatic carbocycles. The molecule has 1 aromatic rings. The third-order valence-corrected chi connectivity index (χ3v) is 10.1. The Morgan fingerprint density at radius 3 is 1.68 bits per heavy atom. The summed E-state index contributed by atoms with van der Waals surface area (Å²) in [5.41, 5.74) is 0.921. The smallest absolute Gasteiger partial charge is 0.309 e. The van der Waals surface area contributed by atoms with Gasteiger partial charge in [-0.05, 0) is 50.0 Å². The van der Waals surface area contributed by atoms with Crippen LogP contribution >= 0.6 is 0 Å². The fourth-order valence-electron chi connectivity index (χ4n) is 6.85. The molecule has 4 N–H and O–H groups in total. The van der Waals surface area contributed by atoms with E-state index >= 15 is 0 Å². The maximum Gasteiger partial charge on any atom is 0.309 e. The molecule has 0 bridgehead atoms. The number of aliphatic hydroxyl groups is 2. The number of benzene rings is 1. The lowest BCUT2D eigenvalue weighted by Crippen LogP contribution is -2.53. The Balaban J connectivity index is 3.03. The minimum absolute atomic E-state index is 0.0907. The highest BCUT2D eigenvalue weighted by Crippen LogP contribution is 2.19. The van der Waals surface area contributed by atoms with E-state index in [0.717, 1.165) is 102 Å². The summed E-state index contributed by atoms with van der Waals surface area (Å²) >= 11 is 0. The van der Waals surface area contributed by atoms with E-state index in [2.05, 4.69) is 31.4 Å². The van der Waals surface area contributed by atoms with E-state index in [0.29, 0.717) is 25.7 Å². The van der Waals surface area contributed by atoms with Crippen LogP contribution in [0.15, 0.2) is 30.3 Å². The van der Waals surface area contributed by atoms with Crippen molar-refractivity contribution in [2.75, 3.05) is 13.2 Å². The molecule has 0 aromatic heterocycles. The van der Waals surface area contributed by atoms with Crippen molar-refractivity contribution in [3.63, 3.8) is 0 Å². The van der Waals surface area contributed by atoms with Crippen molar-refractivity contribution < 1.29 is 43.6 Å². The van der Waals surface area contributed by atoms with Crippen molar-refractivity contribution in [2.45, 2.75) is 213 Å². The van der Waals surface area contributed by atoms with Gasteiger partial charge < -0.3 is 35.1 Å². The molecule has 0 aliphatic heterocycles. The number of unbranched alkanes of at least 4 members (excludes halogenated alkanes) is 12. The number of aliphatic hydroxyl groups excluding tert-OH is 2. The average Bonchev–Trinajstić information content (AvgIpc) is 3.16. The number of ether oxygens (including phenoxy) is 3. The molecule has 11 heteroatoms. The predicted octanol–water partition coefficient (Wildman–Crippen LogP) is 8.65. The van der Waals surface area contributed by atoms with E-state index in [1.165, 1.54) is 0 Å². The van der Waals surface area contributed by atoms with Gasteiger partial charge in [-0.2, -0.15) is 0 Å². The van der Waals surface area contributed by atoms with E-state index in [-0.39, 0.29) is 45.0 Å². The van der Waals surface area contributed by atoms with E-state index in [1.807, 2.05) is 44.2 Å². The molecule has 0 saturated carbocycles. The van der Waals surface area contributed by atoms with Gasteiger partial charge in [0.05, 0.1) is 51.2 Å². The van der Waals surface area contributed by atoms with E-state index in [4.69, 9.17) is 14.2 Å². The standard InChI is InChI=1S/C46H80N2O9/c1-6-9-12-15-21-26-39(50)30-44(52)57-41(28-23-17-14-11-8-3)32-45(53)56-40(27-22-16-13-10-7-2)31-43(51)48-42(35-55-34-37-24-19-18-20-25-37)46(54)47-38(33-49)29-36(4)5/h18-20,24-25,36,38-42,49-50H,6-17,21-23,26-35H2,1-5H3,(H,47,54)(H,48,51)/t38?,39-,40-,41-,42?/m1/s1. The molecule has 1 aromatic carbocycles. The lowest BCUT2D eigenvalue weighted by atomic mass is 10.0. The predicted molar refractivity (Wildman–Crippen MR) is 226 cm³/mol. The molecule has 5 atom stereocenters.